The standard InChI is InChI=1S/C32H48N4O5/c1-8-40-30(38)29(25-14-10-9-11-15-25)26-16-18-27(19-17-26)33-24-28(37)35(6)22-12-20-34(5)21-13-23-36(7)31(39)41-32(2,3)4/h9-11,14-19,29,33H,8,12-13,20-24H2,1-7H3. The van der Waals surface area contributed by atoms with Crippen molar-refractivity contribution in [1.29, 1.82) is 0 Å². The van der Waals surface area contributed by atoms with E-state index in [0.29, 0.717) is 19.7 Å². The van der Waals surface area contributed by atoms with E-state index in [1.54, 1.807) is 23.8 Å². The Morgan fingerprint density at radius 1 is 0.805 bits per heavy atom. The normalized spacial score (nSPS) is 12.0. The van der Waals surface area contributed by atoms with Gasteiger partial charge in [0.15, 0.2) is 0 Å². The molecular weight excluding hydrogens is 520 g/mol. The molecule has 9 heteroatoms. The molecule has 0 aromatic heterocycles. The molecule has 0 radical (unpaired) electrons. The van der Waals surface area contributed by atoms with Crippen LogP contribution in [0.15, 0.2) is 54.6 Å². The van der Waals surface area contributed by atoms with Gasteiger partial charge in [-0.05, 0) is 83.9 Å². The number of likely N-dealkylation sites (N-methyl/N-ethyl adjacent to an activating group) is 1. The maximum absolute atomic E-state index is 12.7. The van der Waals surface area contributed by atoms with E-state index in [0.717, 1.165) is 42.7 Å². The first-order valence-electron chi connectivity index (χ1n) is 14.3. The van der Waals surface area contributed by atoms with Gasteiger partial charge in [-0.1, -0.05) is 42.5 Å². The summed E-state index contributed by atoms with van der Waals surface area (Å²) < 4.78 is 10.7. The first kappa shape index (κ1) is 33.6. The molecule has 0 aliphatic carbocycles. The van der Waals surface area contributed by atoms with Crippen molar-refractivity contribution in [3.05, 3.63) is 65.7 Å². The molecule has 0 spiro atoms. The zero-order valence-electron chi connectivity index (χ0n) is 25.8. The van der Waals surface area contributed by atoms with Crippen LogP contribution in [0.25, 0.3) is 0 Å². The SMILES string of the molecule is CCOC(=O)C(c1ccccc1)c1ccc(NCC(=O)N(C)CCCN(C)CCCN(C)C(=O)OC(C)(C)C)cc1. The molecule has 0 fully saturated rings. The van der Waals surface area contributed by atoms with Gasteiger partial charge in [-0.15, -0.1) is 0 Å². The van der Waals surface area contributed by atoms with Crippen LogP contribution >= 0.6 is 0 Å². The van der Waals surface area contributed by atoms with Crippen LogP contribution in [0.4, 0.5) is 10.5 Å². The van der Waals surface area contributed by atoms with Gasteiger partial charge >= 0.3 is 12.1 Å². The van der Waals surface area contributed by atoms with Crippen molar-refractivity contribution in [3.63, 3.8) is 0 Å². The maximum Gasteiger partial charge on any atom is 0.410 e. The molecule has 1 unspecified atom stereocenters. The van der Waals surface area contributed by atoms with E-state index in [1.165, 1.54) is 0 Å². The number of hydrogen-bond donors (Lipinski definition) is 1. The van der Waals surface area contributed by atoms with E-state index in [1.807, 2.05) is 89.5 Å². The van der Waals surface area contributed by atoms with Gasteiger partial charge in [0.25, 0.3) is 0 Å². The third kappa shape index (κ3) is 12.2. The van der Waals surface area contributed by atoms with Gasteiger partial charge in [0.2, 0.25) is 5.91 Å². The molecule has 0 heterocycles. The first-order chi connectivity index (χ1) is 19.4. The summed E-state index contributed by atoms with van der Waals surface area (Å²) in [4.78, 5) is 43.0. The molecule has 2 amide bonds. The van der Waals surface area contributed by atoms with E-state index in [2.05, 4.69) is 10.2 Å². The monoisotopic (exact) mass is 568 g/mol. The van der Waals surface area contributed by atoms with Crippen molar-refractivity contribution >= 4 is 23.7 Å². The summed E-state index contributed by atoms with van der Waals surface area (Å²) in [6.07, 6.45) is 1.39. The Hall–Kier alpha value is -3.59. The predicted octanol–water partition coefficient (Wildman–Crippen LogP) is 4.83. The molecular formula is C32H48N4O5. The minimum absolute atomic E-state index is 0.00407. The maximum atomic E-state index is 12.7. The number of carbonyl (C=O) groups is 3. The Kier molecular flexibility index (Phi) is 13.6. The third-order valence-electron chi connectivity index (χ3n) is 6.54. The number of carbonyl (C=O) groups excluding carboxylic acids is 3. The van der Waals surface area contributed by atoms with Crippen molar-refractivity contribution in [1.82, 2.24) is 14.7 Å². The number of nitrogens with one attached hydrogen (secondary N) is 1. The smallest absolute Gasteiger partial charge is 0.410 e. The number of rotatable bonds is 15. The molecule has 1 N–H and O–H groups in total. The molecule has 0 bridgehead atoms. The fourth-order valence-electron chi connectivity index (χ4n) is 4.26. The Bertz CT molecular complexity index is 1090. The highest BCUT2D eigenvalue weighted by atomic mass is 16.6. The minimum Gasteiger partial charge on any atom is -0.465 e. The zero-order chi connectivity index (χ0) is 30.4. The first-order valence-corrected chi connectivity index (χ1v) is 14.3. The third-order valence-corrected chi connectivity index (χ3v) is 6.54. The molecule has 2 rings (SSSR count). The van der Waals surface area contributed by atoms with Crippen LogP contribution in [-0.4, -0.2) is 98.7 Å². The van der Waals surface area contributed by atoms with Gasteiger partial charge < -0.3 is 29.5 Å². The number of benzene rings is 2. The number of nitrogens with zero attached hydrogens (tertiary/aromatic N) is 3. The largest absolute Gasteiger partial charge is 0.465 e. The highest BCUT2D eigenvalue weighted by Crippen LogP contribution is 2.27. The number of esters is 1. The van der Waals surface area contributed by atoms with Crippen LogP contribution in [0, 0.1) is 0 Å². The molecule has 0 saturated carbocycles. The summed E-state index contributed by atoms with van der Waals surface area (Å²) in [5.74, 6) is -0.777. The van der Waals surface area contributed by atoms with Gasteiger partial charge in [0.05, 0.1) is 13.2 Å². The zero-order valence-corrected chi connectivity index (χ0v) is 25.8. The van der Waals surface area contributed by atoms with Crippen LogP contribution in [0.2, 0.25) is 0 Å². The minimum atomic E-state index is -0.498. The molecule has 0 aliphatic heterocycles. The summed E-state index contributed by atoms with van der Waals surface area (Å²) in [7, 11) is 5.61. The summed E-state index contributed by atoms with van der Waals surface area (Å²) in [5.41, 5.74) is 2.03. The quantitative estimate of drug-likeness (QED) is 0.308. The van der Waals surface area contributed by atoms with E-state index in [9.17, 15) is 14.4 Å². The van der Waals surface area contributed by atoms with Crippen LogP contribution in [0.3, 0.4) is 0 Å². The summed E-state index contributed by atoms with van der Waals surface area (Å²) in [5, 5.41) is 3.19. The van der Waals surface area contributed by atoms with Gasteiger partial charge in [-0.3, -0.25) is 9.59 Å². The number of anilines is 1. The van der Waals surface area contributed by atoms with Crippen LogP contribution < -0.4 is 5.32 Å². The Morgan fingerprint density at radius 3 is 1.93 bits per heavy atom. The molecule has 0 aliphatic rings. The molecule has 0 saturated heterocycles. The lowest BCUT2D eigenvalue weighted by Crippen LogP contribution is -2.36. The number of amides is 2. The van der Waals surface area contributed by atoms with E-state index in [-0.39, 0.29) is 24.5 Å². The second kappa shape index (κ2) is 16.6. The molecule has 41 heavy (non-hydrogen) atoms. The van der Waals surface area contributed by atoms with Crippen LogP contribution in [-0.2, 0) is 19.1 Å². The van der Waals surface area contributed by atoms with Crippen molar-refractivity contribution in [2.24, 2.45) is 0 Å². The average Bonchev–Trinajstić information content (AvgIpc) is 2.92. The molecule has 2 aromatic carbocycles. The van der Waals surface area contributed by atoms with Gasteiger partial charge in [0, 0.05) is 32.9 Å². The fraction of sp³-hybridized carbons (Fsp3) is 0.531. The van der Waals surface area contributed by atoms with Crippen molar-refractivity contribution in [2.75, 3.05) is 65.8 Å². The highest BCUT2D eigenvalue weighted by Gasteiger charge is 2.24. The van der Waals surface area contributed by atoms with Crippen molar-refractivity contribution < 1.29 is 23.9 Å². The molecule has 1 atom stereocenters. The predicted molar refractivity (Wildman–Crippen MR) is 163 cm³/mol. The number of hydrogen-bond acceptors (Lipinski definition) is 7. The topological polar surface area (TPSA) is 91.4 Å². The summed E-state index contributed by atoms with van der Waals surface area (Å²) in [6.45, 7) is 10.9. The summed E-state index contributed by atoms with van der Waals surface area (Å²) in [6, 6.07) is 17.1. The number of ether oxygens (including phenoxy) is 2. The highest BCUT2D eigenvalue weighted by molar-refractivity contribution is 5.83. The van der Waals surface area contributed by atoms with Crippen LogP contribution in [0.5, 0.6) is 0 Å². The van der Waals surface area contributed by atoms with E-state index >= 15 is 0 Å². The summed E-state index contributed by atoms with van der Waals surface area (Å²) >= 11 is 0. The lowest BCUT2D eigenvalue weighted by atomic mass is 9.91. The lowest BCUT2D eigenvalue weighted by Gasteiger charge is -2.25. The Balaban J connectivity index is 1.74. The van der Waals surface area contributed by atoms with E-state index in [4.69, 9.17) is 9.47 Å². The van der Waals surface area contributed by atoms with Crippen molar-refractivity contribution in [2.45, 2.75) is 52.1 Å². The van der Waals surface area contributed by atoms with E-state index < -0.39 is 11.5 Å². The Labute approximate surface area is 245 Å². The second-order valence-corrected chi connectivity index (χ2v) is 11.3. The lowest BCUT2D eigenvalue weighted by molar-refractivity contribution is -0.143. The van der Waals surface area contributed by atoms with Gasteiger partial charge in [0.1, 0.15) is 11.5 Å². The van der Waals surface area contributed by atoms with Gasteiger partial charge in [-0.25, -0.2) is 4.79 Å². The second-order valence-electron chi connectivity index (χ2n) is 11.3. The fourth-order valence-corrected chi connectivity index (χ4v) is 4.26. The van der Waals surface area contributed by atoms with Gasteiger partial charge in [-0.2, -0.15) is 0 Å². The Morgan fingerprint density at radius 2 is 1.37 bits per heavy atom. The van der Waals surface area contributed by atoms with Crippen molar-refractivity contribution in [3.8, 4) is 0 Å². The molecule has 226 valence electrons. The molecule has 9 nitrogen and oxygen atoms in total. The average molecular weight is 569 g/mol. The molecule has 2 aromatic rings. The van der Waals surface area contributed by atoms with Crippen LogP contribution in [0.1, 0.15) is 57.6 Å².